The van der Waals surface area contributed by atoms with Gasteiger partial charge in [-0.15, -0.1) is 0 Å². The third kappa shape index (κ3) is 4.02. The predicted molar refractivity (Wildman–Crippen MR) is 96.1 cm³/mol. The molecule has 0 fully saturated rings. The number of halogens is 2. The summed E-state index contributed by atoms with van der Waals surface area (Å²) < 4.78 is 10.2. The second-order valence-electron chi connectivity index (χ2n) is 4.82. The minimum atomic E-state index is -0.591. The topological polar surface area (TPSA) is 85.4 Å². The Hall–Kier alpha value is -2.75. The Bertz CT molecular complexity index is 904. The van der Waals surface area contributed by atoms with Gasteiger partial charge in [0.25, 0.3) is 5.69 Å². The van der Waals surface area contributed by atoms with E-state index in [-0.39, 0.29) is 28.3 Å². The van der Waals surface area contributed by atoms with Gasteiger partial charge in [-0.2, -0.15) is 5.26 Å². The summed E-state index contributed by atoms with van der Waals surface area (Å²) >= 11 is 12.0. The van der Waals surface area contributed by atoms with Gasteiger partial charge in [0.15, 0.2) is 11.5 Å². The highest BCUT2D eigenvalue weighted by Gasteiger charge is 2.22. The summed E-state index contributed by atoms with van der Waals surface area (Å²) in [4.78, 5) is 10.8. The highest BCUT2D eigenvalue weighted by Crippen LogP contribution is 2.38. The minimum Gasteiger partial charge on any atom is -0.493 e. The molecule has 0 unspecified atom stereocenters. The third-order valence-corrected chi connectivity index (χ3v) is 3.93. The highest BCUT2D eigenvalue weighted by atomic mass is 35.5. The van der Waals surface area contributed by atoms with Crippen LogP contribution in [0.1, 0.15) is 11.1 Å². The molecule has 2 aromatic carbocycles. The van der Waals surface area contributed by atoms with Crippen LogP contribution in [-0.2, 0) is 0 Å². The van der Waals surface area contributed by atoms with E-state index in [4.69, 9.17) is 32.7 Å². The van der Waals surface area contributed by atoms with Crippen molar-refractivity contribution in [1.29, 1.82) is 5.26 Å². The number of nitrogens with zero attached hydrogens (tertiary/aromatic N) is 2. The Morgan fingerprint density at radius 3 is 2.36 bits per heavy atom. The van der Waals surface area contributed by atoms with Crippen LogP contribution in [0.4, 0.5) is 5.69 Å². The molecule has 0 saturated heterocycles. The molecular weight excluding hydrogens is 367 g/mol. The summed E-state index contributed by atoms with van der Waals surface area (Å²) in [7, 11) is 2.77. The summed E-state index contributed by atoms with van der Waals surface area (Å²) in [6, 6.07) is 9.31. The van der Waals surface area contributed by atoms with Gasteiger partial charge in [-0.1, -0.05) is 29.3 Å². The second kappa shape index (κ2) is 7.88. The van der Waals surface area contributed by atoms with Crippen molar-refractivity contribution in [3.05, 3.63) is 61.6 Å². The van der Waals surface area contributed by atoms with Gasteiger partial charge in [0.1, 0.15) is 6.07 Å². The third-order valence-electron chi connectivity index (χ3n) is 3.37. The lowest BCUT2D eigenvalue weighted by Crippen LogP contribution is -1.99. The van der Waals surface area contributed by atoms with Crippen molar-refractivity contribution in [3.63, 3.8) is 0 Å². The number of nitriles is 1. The molecule has 6 nitrogen and oxygen atoms in total. The number of hydrogen-bond acceptors (Lipinski definition) is 5. The lowest BCUT2D eigenvalue weighted by atomic mass is 10.0. The van der Waals surface area contributed by atoms with Crippen LogP contribution in [-0.4, -0.2) is 19.1 Å². The molecule has 0 radical (unpaired) electrons. The average molecular weight is 379 g/mol. The lowest BCUT2D eigenvalue weighted by Gasteiger charge is -2.10. The number of rotatable bonds is 5. The zero-order valence-electron chi connectivity index (χ0n) is 13.2. The maximum atomic E-state index is 11.4. The van der Waals surface area contributed by atoms with Gasteiger partial charge in [0, 0.05) is 10.0 Å². The fourth-order valence-electron chi connectivity index (χ4n) is 2.18. The smallest absolute Gasteiger partial charge is 0.281 e. The first-order valence-corrected chi connectivity index (χ1v) is 7.64. The normalized spacial score (nSPS) is 10.9. The van der Waals surface area contributed by atoms with Crippen molar-refractivity contribution >= 4 is 40.5 Å². The van der Waals surface area contributed by atoms with Crippen molar-refractivity contribution in [2.45, 2.75) is 0 Å². The van der Waals surface area contributed by atoms with E-state index in [1.54, 1.807) is 12.1 Å². The van der Waals surface area contributed by atoms with Gasteiger partial charge in [-0.05, 0) is 29.8 Å². The van der Waals surface area contributed by atoms with Gasteiger partial charge in [-0.25, -0.2) is 0 Å². The van der Waals surface area contributed by atoms with Crippen LogP contribution in [0.5, 0.6) is 11.5 Å². The second-order valence-corrected chi connectivity index (χ2v) is 5.66. The van der Waals surface area contributed by atoms with Gasteiger partial charge >= 0.3 is 0 Å². The van der Waals surface area contributed by atoms with E-state index in [1.165, 1.54) is 38.5 Å². The molecule has 0 aromatic heterocycles. The maximum absolute atomic E-state index is 11.4. The number of nitro benzene ring substituents is 1. The molecule has 0 bridgehead atoms. The van der Waals surface area contributed by atoms with Gasteiger partial charge < -0.3 is 9.47 Å². The number of methoxy groups -OCH3 is 2. The summed E-state index contributed by atoms with van der Waals surface area (Å²) in [6.45, 7) is 0. The van der Waals surface area contributed by atoms with Crippen molar-refractivity contribution < 1.29 is 14.4 Å². The van der Waals surface area contributed by atoms with Crippen LogP contribution >= 0.6 is 23.2 Å². The molecule has 8 heteroatoms. The lowest BCUT2D eigenvalue weighted by molar-refractivity contribution is -0.385. The Balaban J connectivity index is 2.69. The number of nitro groups is 1. The first-order chi connectivity index (χ1) is 11.9. The van der Waals surface area contributed by atoms with Gasteiger partial charge in [0.2, 0.25) is 0 Å². The fourth-order valence-corrected chi connectivity index (χ4v) is 2.64. The first kappa shape index (κ1) is 18.6. The molecule has 0 aliphatic rings. The van der Waals surface area contributed by atoms with Crippen LogP contribution in [0.25, 0.3) is 11.6 Å². The maximum Gasteiger partial charge on any atom is 0.281 e. The van der Waals surface area contributed by atoms with Crippen molar-refractivity contribution in [2.24, 2.45) is 0 Å². The van der Waals surface area contributed by atoms with E-state index in [1.807, 2.05) is 6.07 Å². The summed E-state index contributed by atoms with van der Waals surface area (Å²) in [5.74, 6) is 0.464. The zero-order valence-corrected chi connectivity index (χ0v) is 14.8. The highest BCUT2D eigenvalue weighted by molar-refractivity contribution is 6.35. The molecule has 0 amide bonds. The average Bonchev–Trinajstić information content (AvgIpc) is 2.59. The summed E-state index contributed by atoms with van der Waals surface area (Å²) in [5.41, 5.74) is 0.371. The molecular formula is C17H12Cl2N2O4. The first-order valence-electron chi connectivity index (χ1n) is 6.89. The van der Waals surface area contributed by atoms with Crippen LogP contribution in [0.15, 0.2) is 30.3 Å². The van der Waals surface area contributed by atoms with E-state index < -0.39 is 4.92 Å². The van der Waals surface area contributed by atoms with Crippen molar-refractivity contribution in [1.82, 2.24) is 0 Å². The molecule has 0 heterocycles. The number of allylic oxidation sites excluding steroid dienone is 1. The Labute approximate surface area is 154 Å². The SMILES string of the molecule is COc1cc(C(C#N)=Cc2ccc(Cl)cc2Cl)c([N+](=O)[O-])cc1OC. The summed E-state index contributed by atoms with van der Waals surface area (Å²) in [6.07, 6.45) is 1.45. The van der Waals surface area contributed by atoms with Crippen LogP contribution in [0.3, 0.4) is 0 Å². The van der Waals surface area contributed by atoms with Crippen LogP contribution in [0, 0.1) is 21.4 Å². The quantitative estimate of drug-likeness (QED) is 0.316. The van der Waals surface area contributed by atoms with E-state index in [9.17, 15) is 15.4 Å². The largest absolute Gasteiger partial charge is 0.493 e. The number of benzene rings is 2. The number of ether oxygens (including phenoxy) is 2. The van der Waals surface area contributed by atoms with Gasteiger partial charge in [-0.3, -0.25) is 10.1 Å². The molecule has 2 aromatic rings. The molecule has 25 heavy (non-hydrogen) atoms. The van der Waals surface area contributed by atoms with E-state index in [0.717, 1.165) is 0 Å². The summed E-state index contributed by atoms with van der Waals surface area (Å²) in [5, 5.41) is 21.7. The van der Waals surface area contributed by atoms with Gasteiger partial charge in [0.05, 0.1) is 36.3 Å². The molecule has 2 rings (SSSR count). The fraction of sp³-hybridized carbons (Fsp3) is 0.118. The van der Waals surface area contributed by atoms with E-state index >= 15 is 0 Å². The Kier molecular flexibility index (Phi) is 5.86. The zero-order chi connectivity index (χ0) is 18.6. The van der Waals surface area contributed by atoms with Crippen molar-refractivity contribution in [3.8, 4) is 17.6 Å². The van der Waals surface area contributed by atoms with E-state index in [0.29, 0.717) is 15.6 Å². The minimum absolute atomic E-state index is 0.0527. The Morgan fingerprint density at radius 2 is 1.84 bits per heavy atom. The predicted octanol–water partition coefficient (Wildman–Crippen LogP) is 4.98. The number of hydrogen-bond donors (Lipinski definition) is 0. The van der Waals surface area contributed by atoms with Crippen LogP contribution < -0.4 is 9.47 Å². The molecule has 0 N–H and O–H groups in total. The molecule has 0 saturated carbocycles. The van der Waals surface area contributed by atoms with Crippen LogP contribution in [0.2, 0.25) is 10.0 Å². The van der Waals surface area contributed by atoms with E-state index in [2.05, 4.69) is 0 Å². The molecule has 0 spiro atoms. The Morgan fingerprint density at radius 1 is 1.20 bits per heavy atom. The molecule has 0 aliphatic heterocycles. The monoisotopic (exact) mass is 378 g/mol. The molecule has 0 atom stereocenters. The van der Waals surface area contributed by atoms with Crippen molar-refractivity contribution in [2.75, 3.05) is 14.2 Å². The molecule has 128 valence electrons. The molecule has 0 aliphatic carbocycles. The standard InChI is InChI=1S/C17H12Cl2N2O4/c1-24-16-7-13(15(21(22)23)8-17(16)25-2)11(9-20)5-10-3-4-12(18)6-14(10)19/h3-8H,1-2H3.